The van der Waals surface area contributed by atoms with E-state index >= 15 is 0 Å². The molecule has 2 rings (SSSR count). The molecule has 0 aliphatic rings. The van der Waals surface area contributed by atoms with E-state index in [0.717, 1.165) is 23.6 Å². The Balaban J connectivity index is 2.35. The molecule has 78 valence electrons. The van der Waals surface area contributed by atoms with Crippen molar-refractivity contribution in [1.29, 1.82) is 0 Å². The SMILES string of the molecule is CCn1cc(-c2cccc(NC)n2)cn1. The molecule has 15 heavy (non-hydrogen) atoms. The Kier molecular flexibility index (Phi) is 2.67. The minimum atomic E-state index is 0.872. The maximum absolute atomic E-state index is 4.44. The molecule has 4 heteroatoms. The predicted octanol–water partition coefficient (Wildman–Crippen LogP) is 2.01. The van der Waals surface area contributed by atoms with Gasteiger partial charge in [-0.3, -0.25) is 4.68 Å². The number of aryl methyl sites for hydroxylation is 1. The van der Waals surface area contributed by atoms with Crippen LogP contribution in [0.25, 0.3) is 11.3 Å². The van der Waals surface area contributed by atoms with Crippen molar-refractivity contribution in [2.24, 2.45) is 0 Å². The molecule has 0 spiro atoms. The molecule has 0 saturated heterocycles. The molecule has 0 bridgehead atoms. The Morgan fingerprint density at radius 3 is 2.93 bits per heavy atom. The van der Waals surface area contributed by atoms with E-state index in [0.29, 0.717) is 0 Å². The van der Waals surface area contributed by atoms with E-state index in [1.54, 1.807) is 0 Å². The Labute approximate surface area is 89.0 Å². The van der Waals surface area contributed by atoms with Crippen molar-refractivity contribution >= 4 is 5.82 Å². The highest BCUT2D eigenvalue weighted by Crippen LogP contribution is 2.17. The van der Waals surface area contributed by atoms with E-state index in [1.165, 1.54) is 0 Å². The standard InChI is InChI=1S/C11H14N4/c1-3-15-8-9(7-13-15)10-5-4-6-11(12-2)14-10/h4-8H,3H2,1-2H3,(H,12,14). The lowest BCUT2D eigenvalue weighted by molar-refractivity contribution is 0.660. The third-order valence-corrected chi connectivity index (χ3v) is 2.26. The summed E-state index contributed by atoms with van der Waals surface area (Å²) in [6, 6.07) is 5.91. The van der Waals surface area contributed by atoms with Crippen molar-refractivity contribution in [3.05, 3.63) is 30.6 Å². The normalized spacial score (nSPS) is 10.3. The summed E-state index contributed by atoms with van der Waals surface area (Å²) < 4.78 is 1.89. The molecule has 0 aliphatic heterocycles. The van der Waals surface area contributed by atoms with Crippen LogP contribution in [0.1, 0.15) is 6.92 Å². The number of nitrogens with zero attached hydrogens (tertiary/aromatic N) is 3. The van der Waals surface area contributed by atoms with Crippen LogP contribution in [0.5, 0.6) is 0 Å². The minimum Gasteiger partial charge on any atom is -0.373 e. The Morgan fingerprint density at radius 1 is 1.40 bits per heavy atom. The zero-order valence-electron chi connectivity index (χ0n) is 8.94. The molecule has 0 atom stereocenters. The van der Waals surface area contributed by atoms with E-state index in [4.69, 9.17) is 0 Å². The summed E-state index contributed by atoms with van der Waals surface area (Å²) in [5.74, 6) is 0.872. The predicted molar refractivity (Wildman–Crippen MR) is 60.7 cm³/mol. The zero-order chi connectivity index (χ0) is 10.7. The van der Waals surface area contributed by atoms with Crippen molar-refractivity contribution in [2.45, 2.75) is 13.5 Å². The van der Waals surface area contributed by atoms with Gasteiger partial charge in [-0.15, -0.1) is 0 Å². The van der Waals surface area contributed by atoms with Gasteiger partial charge in [0.15, 0.2) is 0 Å². The van der Waals surface area contributed by atoms with Crippen molar-refractivity contribution in [3.63, 3.8) is 0 Å². The second-order valence-corrected chi connectivity index (χ2v) is 3.24. The fraction of sp³-hybridized carbons (Fsp3) is 0.273. The fourth-order valence-corrected chi connectivity index (χ4v) is 1.40. The average molecular weight is 202 g/mol. The molecule has 0 unspecified atom stereocenters. The third-order valence-electron chi connectivity index (χ3n) is 2.26. The number of aromatic nitrogens is 3. The second-order valence-electron chi connectivity index (χ2n) is 3.24. The largest absolute Gasteiger partial charge is 0.373 e. The molecule has 2 aromatic rings. The molecule has 0 aliphatic carbocycles. The molecule has 1 N–H and O–H groups in total. The first kappa shape index (κ1) is 9.71. The maximum Gasteiger partial charge on any atom is 0.126 e. The van der Waals surface area contributed by atoms with Crippen molar-refractivity contribution < 1.29 is 0 Å². The first-order valence-electron chi connectivity index (χ1n) is 5.01. The van der Waals surface area contributed by atoms with Crippen LogP contribution >= 0.6 is 0 Å². The van der Waals surface area contributed by atoms with Gasteiger partial charge in [-0.1, -0.05) is 6.07 Å². The highest BCUT2D eigenvalue weighted by molar-refractivity contribution is 5.59. The number of hydrogen-bond acceptors (Lipinski definition) is 3. The molecule has 2 aromatic heterocycles. The first-order chi connectivity index (χ1) is 7.33. The number of anilines is 1. The van der Waals surface area contributed by atoms with Gasteiger partial charge >= 0.3 is 0 Å². The van der Waals surface area contributed by atoms with Crippen LogP contribution in [-0.2, 0) is 6.54 Å². The quantitative estimate of drug-likeness (QED) is 0.827. The lowest BCUT2D eigenvalue weighted by atomic mass is 10.2. The number of pyridine rings is 1. The number of hydrogen-bond donors (Lipinski definition) is 1. The Hall–Kier alpha value is -1.84. The molecule has 2 heterocycles. The lowest BCUT2D eigenvalue weighted by Gasteiger charge is -2.00. The van der Waals surface area contributed by atoms with E-state index in [1.807, 2.05) is 42.3 Å². The van der Waals surface area contributed by atoms with Gasteiger partial charge in [-0.2, -0.15) is 5.10 Å². The molecule has 4 nitrogen and oxygen atoms in total. The number of rotatable bonds is 3. The van der Waals surface area contributed by atoms with Gasteiger partial charge in [-0.25, -0.2) is 4.98 Å². The van der Waals surface area contributed by atoms with Crippen LogP contribution in [0.2, 0.25) is 0 Å². The minimum absolute atomic E-state index is 0.872. The molecule has 0 radical (unpaired) electrons. The van der Waals surface area contributed by atoms with Crippen molar-refractivity contribution in [2.75, 3.05) is 12.4 Å². The van der Waals surface area contributed by atoms with Gasteiger partial charge in [0.2, 0.25) is 0 Å². The third kappa shape index (κ3) is 1.98. The van der Waals surface area contributed by atoms with Crippen molar-refractivity contribution in [1.82, 2.24) is 14.8 Å². The monoisotopic (exact) mass is 202 g/mol. The summed E-state index contributed by atoms with van der Waals surface area (Å²) in [6.45, 7) is 2.94. The van der Waals surface area contributed by atoms with Gasteiger partial charge in [-0.05, 0) is 19.1 Å². The Bertz CT molecular complexity index is 447. The van der Waals surface area contributed by atoms with Gasteiger partial charge in [0.05, 0.1) is 11.9 Å². The molecule has 0 saturated carbocycles. The lowest BCUT2D eigenvalue weighted by Crippen LogP contribution is -1.93. The summed E-state index contributed by atoms with van der Waals surface area (Å²) in [5, 5.41) is 7.24. The molecular formula is C11H14N4. The van der Waals surface area contributed by atoms with Gasteiger partial charge in [0, 0.05) is 25.4 Å². The van der Waals surface area contributed by atoms with Crippen LogP contribution in [0.15, 0.2) is 30.6 Å². The molecule has 0 aromatic carbocycles. The highest BCUT2D eigenvalue weighted by Gasteiger charge is 2.02. The van der Waals surface area contributed by atoms with Crippen LogP contribution in [0.4, 0.5) is 5.82 Å². The van der Waals surface area contributed by atoms with Crippen LogP contribution in [0, 0.1) is 0 Å². The summed E-state index contributed by atoms with van der Waals surface area (Å²) in [4.78, 5) is 4.44. The topological polar surface area (TPSA) is 42.7 Å². The maximum atomic E-state index is 4.44. The summed E-state index contributed by atoms with van der Waals surface area (Å²) in [6.07, 6.45) is 3.84. The van der Waals surface area contributed by atoms with Crippen LogP contribution in [-0.4, -0.2) is 21.8 Å². The average Bonchev–Trinajstić information content (AvgIpc) is 2.78. The summed E-state index contributed by atoms with van der Waals surface area (Å²) in [5.41, 5.74) is 2.00. The molecule has 0 fully saturated rings. The van der Waals surface area contributed by atoms with E-state index < -0.39 is 0 Å². The van der Waals surface area contributed by atoms with E-state index in [9.17, 15) is 0 Å². The Morgan fingerprint density at radius 2 is 2.27 bits per heavy atom. The zero-order valence-corrected chi connectivity index (χ0v) is 8.94. The van der Waals surface area contributed by atoms with Gasteiger partial charge in [0.1, 0.15) is 5.82 Å². The van der Waals surface area contributed by atoms with Crippen LogP contribution in [0.3, 0.4) is 0 Å². The second kappa shape index (κ2) is 4.13. The molecule has 0 amide bonds. The van der Waals surface area contributed by atoms with Crippen molar-refractivity contribution in [3.8, 4) is 11.3 Å². The highest BCUT2D eigenvalue weighted by atomic mass is 15.3. The summed E-state index contributed by atoms with van der Waals surface area (Å²) >= 11 is 0. The first-order valence-corrected chi connectivity index (χ1v) is 5.01. The van der Waals surface area contributed by atoms with E-state index in [-0.39, 0.29) is 0 Å². The van der Waals surface area contributed by atoms with E-state index in [2.05, 4.69) is 22.3 Å². The number of nitrogens with one attached hydrogen (secondary N) is 1. The summed E-state index contributed by atoms with van der Waals surface area (Å²) in [7, 11) is 1.86. The fourth-order valence-electron chi connectivity index (χ4n) is 1.40. The van der Waals surface area contributed by atoms with Gasteiger partial charge in [0.25, 0.3) is 0 Å². The van der Waals surface area contributed by atoms with Crippen LogP contribution < -0.4 is 5.32 Å². The molecular weight excluding hydrogens is 188 g/mol. The van der Waals surface area contributed by atoms with Gasteiger partial charge < -0.3 is 5.32 Å². The smallest absolute Gasteiger partial charge is 0.126 e.